The van der Waals surface area contributed by atoms with Crippen molar-refractivity contribution in [2.45, 2.75) is 0 Å². The molecule has 5 nitrogen and oxygen atoms in total. The van der Waals surface area contributed by atoms with Crippen LogP contribution in [-0.4, -0.2) is 15.9 Å². The zero-order chi connectivity index (χ0) is 17.8. The molecule has 0 aliphatic rings. The predicted octanol–water partition coefficient (Wildman–Crippen LogP) is 4.28. The van der Waals surface area contributed by atoms with Gasteiger partial charge in [0.25, 0.3) is 0 Å². The number of benzene rings is 2. The Morgan fingerprint density at radius 2 is 1.46 bits per heavy atom. The molecule has 0 saturated heterocycles. The third-order valence-electron chi connectivity index (χ3n) is 3.48. The summed E-state index contributed by atoms with van der Waals surface area (Å²) in [5.74, 6) is -1.26. The number of hydrogen-bond acceptors (Lipinski definition) is 4. The quantitative estimate of drug-likeness (QED) is 0.288. The van der Waals surface area contributed by atoms with E-state index in [1.165, 1.54) is 18.2 Å². The van der Waals surface area contributed by atoms with E-state index < -0.39 is 5.97 Å². The summed E-state index contributed by atoms with van der Waals surface area (Å²) < 4.78 is 0.573. The molecule has 7 heteroatoms. The molecule has 0 unspecified atom stereocenters. The molecule has 0 atom stereocenters. The first-order chi connectivity index (χ1) is 12.0. The van der Waals surface area contributed by atoms with Gasteiger partial charge < -0.3 is 15.6 Å². The van der Waals surface area contributed by atoms with Crippen molar-refractivity contribution in [1.29, 1.82) is 0 Å². The van der Waals surface area contributed by atoms with Crippen molar-refractivity contribution >= 4 is 49.4 Å². The molecule has 2 aromatic carbocycles. The molecule has 2 aromatic heterocycles. The van der Waals surface area contributed by atoms with Crippen molar-refractivity contribution in [2.24, 2.45) is 0 Å². The number of aromatic carboxylic acids is 1. The number of carbonyl (C=O) groups is 1. The standard InChI is InChI=1S/C12H8N2.C7H5BrNO2.Pd/c1-3-9-5-6-10-4-2-8-14-12(10)11(9)13-7-1;8-5-1-4(7(10)11)2-6(9)3-5;/h1-8H;1-3,9H,(H,10,11);/q;-1;+2/p-1. The average molecular weight is 501 g/mol. The van der Waals surface area contributed by atoms with E-state index in [1.54, 1.807) is 12.4 Å². The zero-order valence-electron chi connectivity index (χ0n) is 13.3. The van der Waals surface area contributed by atoms with E-state index in [1.807, 2.05) is 12.1 Å². The molecule has 0 radical (unpaired) electrons. The predicted molar refractivity (Wildman–Crippen MR) is 99.5 cm³/mol. The normalized spacial score (nSPS) is 9.88. The summed E-state index contributed by atoms with van der Waals surface area (Å²) in [6.45, 7) is 0. The van der Waals surface area contributed by atoms with Gasteiger partial charge in [0.05, 0.1) is 17.0 Å². The SMILES string of the molecule is [NH-]c1cc(Br)cc(C(=O)[O-])c1.[Pd+2].c1cnc2c(c1)ccc1cccnc12. The van der Waals surface area contributed by atoms with Gasteiger partial charge >= 0.3 is 20.4 Å². The number of carboxylic acids is 1. The summed E-state index contributed by atoms with van der Waals surface area (Å²) in [7, 11) is 0. The van der Waals surface area contributed by atoms with Gasteiger partial charge in [0.1, 0.15) is 0 Å². The minimum Gasteiger partial charge on any atom is -0.699 e. The van der Waals surface area contributed by atoms with Gasteiger partial charge in [-0.3, -0.25) is 9.97 Å². The van der Waals surface area contributed by atoms with Gasteiger partial charge in [-0.15, -0.1) is 5.69 Å². The van der Waals surface area contributed by atoms with Crippen LogP contribution in [-0.2, 0) is 20.4 Å². The summed E-state index contributed by atoms with van der Waals surface area (Å²) in [4.78, 5) is 19.0. The first kappa shape index (κ1) is 20.0. The van der Waals surface area contributed by atoms with Crippen LogP contribution in [0.25, 0.3) is 27.5 Å². The minimum atomic E-state index is -1.26. The molecule has 4 rings (SSSR count). The smallest absolute Gasteiger partial charge is 0.699 e. The van der Waals surface area contributed by atoms with Crippen LogP contribution in [0.3, 0.4) is 0 Å². The van der Waals surface area contributed by atoms with E-state index >= 15 is 0 Å². The maximum atomic E-state index is 10.3. The maximum Gasteiger partial charge on any atom is 2.00 e. The van der Waals surface area contributed by atoms with Crippen LogP contribution in [0.4, 0.5) is 5.69 Å². The van der Waals surface area contributed by atoms with E-state index in [0.29, 0.717) is 4.47 Å². The second-order valence-corrected chi connectivity index (χ2v) is 6.15. The average Bonchev–Trinajstić information content (AvgIpc) is 2.61. The summed E-state index contributed by atoms with van der Waals surface area (Å²) in [6, 6.07) is 16.3. The van der Waals surface area contributed by atoms with E-state index in [0.717, 1.165) is 21.8 Å². The molecule has 132 valence electrons. The Bertz CT molecular complexity index is 998. The van der Waals surface area contributed by atoms with Gasteiger partial charge in [-0.25, -0.2) is 0 Å². The fraction of sp³-hybridized carbons (Fsp3) is 0. The minimum absolute atomic E-state index is 0. The van der Waals surface area contributed by atoms with Crippen molar-refractivity contribution in [3.8, 4) is 0 Å². The van der Waals surface area contributed by atoms with Crippen molar-refractivity contribution in [3.63, 3.8) is 0 Å². The molecule has 4 aromatic rings. The first-order valence-corrected chi connectivity index (χ1v) is 8.16. The number of rotatable bonds is 1. The van der Waals surface area contributed by atoms with Gasteiger partial charge in [0.15, 0.2) is 0 Å². The first-order valence-electron chi connectivity index (χ1n) is 7.36. The number of halogens is 1. The molecule has 0 fully saturated rings. The number of nitrogens with zero attached hydrogens (tertiary/aromatic N) is 2. The van der Waals surface area contributed by atoms with E-state index in [-0.39, 0.29) is 31.7 Å². The van der Waals surface area contributed by atoms with Gasteiger partial charge in [-0.1, -0.05) is 52.3 Å². The summed E-state index contributed by atoms with van der Waals surface area (Å²) >= 11 is 3.07. The Morgan fingerprint density at radius 1 is 0.923 bits per heavy atom. The second kappa shape index (κ2) is 8.86. The summed E-state index contributed by atoms with van der Waals surface area (Å²) in [5.41, 5.74) is 9.27. The number of fused-ring (bicyclic) bond motifs is 3. The van der Waals surface area contributed by atoms with E-state index in [9.17, 15) is 9.90 Å². The van der Waals surface area contributed by atoms with E-state index in [4.69, 9.17) is 5.73 Å². The number of hydrogen-bond donors (Lipinski definition) is 0. The Labute approximate surface area is 172 Å². The number of carboxylic acid groups (broad SMARTS) is 1. The molecule has 2 heterocycles. The Balaban J connectivity index is 0.000000186. The van der Waals surface area contributed by atoms with Crippen molar-refractivity contribution < 1.29 is 30.3 Å². The van der Waals surface area contributed by atoms with Crippen molar-refractivity contribution in [1.82, 2.24) is 9.97 Å². The Morgan fingerprint density at radius 3 is 1.92 bits per heavy atom. The fourth-order valence-electron chi connectivity index (χ4n) is 2.39. The van der Waals surface area contributed by atoms with Crippen LogP contribution in [0, 0.1) is 0 Å². The van der Waals surface area contributed by atoms with Crippen LogP contribution < -0.4 is 5.11 Å². The third-order valence-corrected chi connectivity index (χ3v) is 3.94. The van der Waals surface area contributed by atoms with Crippen molar-refractivity contribution in [3.05, 3.63) is 82.8 Å². The van der Waals surface area contributed by atoms with Crippen LogP contribution in [0.15, 0.2) is 71.5 Å². The largest absolute Gasteiger partial charge is 2.00 e. The van der Waals surface area contributed by atoms with Gasteiger partial charge in [-0.05, 0) is 23.8 Å². The van der Waals surface area contributed by atoms with Crippen LogP contribution in [0.5, 0.6) is 0 Å². The van der Waals surface area contributed by atoms with Crippen molar-refractivity contribution in [2.75, 3.05) is 0 Å². The van der Waals surface area contributed by atoms with Gasteiger partial charge in [0.2, 0.25) is 0 Å². The number of aromatic nitrogens is 2. The van der Waals surface area contributed by atoms with E-state index in [2.05, 4.69) is 50.2 Å². The number of pyridine rings is 2. The zero-order valence-corrected chi connectivity index (χ0v) is 16.4. The molecule has 0 aliphatic carbocycles. The Hall–Kier alpha value is -2.33. The molecule has 1 N–H and O–H groups in total. The Kier molecular flexibility index (Phi) is 6.81. The second-order valence-electron chi connectivity index (χ2n) is 5.23. The molecule has 0 aliphatic heterocycles. The number of carbonyl (C=O) groups excluding carboxylic acids is 1. The molecule has 0 spiro atoms. The topological polar surface area (TPSA) is 89.7 Å². The van der Waals surface area contributed by atoms with Gasteiger partial charge in [-0.2, -0.15) is 0 Å². The summed E-state index contributed by atoms with van der Waals surface area (Å²) in [6.07, 6.45) is 3.60. The summed E-state index contributed by atoms with van der Waals surface area (Å²) in [5, 5.41) is 12.6. The van der Waals surface area contributed by atoms with Crippen LogP contribution >= 0.6 is 15.9 Å². The maximum absolute atomic E-state index is 10.3. The van der Waals surface area contributed by atoms with Crippen LogP contribution in [0.2, 0.25) is 0 Å². The molecule has 0 bridgehead atoms. The molecular weight excluding hydrogens is 489 g/mol. The molecule has 0 amide bonds. The molecular formula is C19H12BrN3O2Pd. The molecule has 0 saturated carbocycles. The monoisotopic (exact) mass is 499 g/mol. The van der Waals surface area contributed by atoms with Crippen LogP contribution in [0.1, 0.15) is 10.4 Å². The number of nitrogens with one attached hydrogen (secondary N) is 1. The molecule has 26 heavy (non-hydrogen) atoms. The third kappa shape index (κ3) is 4.64. The fourth-order valence-corrected chi connectivity index (χ4v) is 2.88. The van der Waals surface area contributed by atoms with Gasteiger partial charge in [0, 0.05) is 27.6 Å².